The van der Waals surface area contributed by atoms with Crippen LogP contribution in [0.4, 0.5) is 17.1 Å². The van der Waals surface area contributed by atoms with Gasteiger partial charge in [-0.3, -0.25) is 9.36 Å². The van der Waals surface area contributed by atoms with E-state index in [0.29, 0.717) is 18.0 Å². The fraction of sp³-hybridized carbons (Fsp3) is 0.316. The summed E-state index contributed by atoms with van der Waals surface area (Å²) in [6, 6.07) is 5.70. The average Bonchev–Trinajstić information content (AvgIpc) is 2.62. The summed E-state index contributed by atoms with van der Waals surface area (Å²) in [6.07, 6.45) is 0.654. The molecule has 8 nitrogen and oxygen atoms in total. The van der Waals surface area contributed by atoms with Crippen molar-refractivity contribution in [2.75, 3.05) is 0 Å². The lowest BCUT2D eigenvalue weighted by atomic mass is 10.1. The predicted molar refractivity (Wildman–Crippen MR) is 100 cm³/mol. The van der Waals surface area contributed by atoms with Crippen LogP contribution in [-0.4, -0.2) is 20.7 Å². The van der Waals surface area contributed by atoms with E-state index >= 15 is 0 Å². The number of hydrogen-bond acceptors (Lipinski definition) is 5. The van der Waals surface area contributed by atoms with Gasteiger partial charge in [-0.05, 0) is 49.1 Å². The summed E-state index contributed by atoms with van der Waals surface area (Å²) in [4.78, 5) is 26.9. The highest BCUT2D eigenvalue weighted by Crippen LogP contribution is 2.34. The molecule has 1 heterocycles. The van der Waals surface area contributed by atoms with Crippen LogP contribution in [0.25, 0.3) is 4.85 Å². The first-order valence-electron chi connectivity index (χ1n) is 8.35. The second-order valence-corrected chi connectivity index (χ2v) is 6.45. The van der Waals surface area contributed by atoms with Crippen LogP contribution in [-0.2, 0) is 6.54 Å². The smallest absolute Gasteiger partial charge is 0.335 e. The van der Waals surface area contributed by atoms with Gasteiger partial charge in [0, 0.05) is 6.54 Å². The van der Waals surface area contributed by atoms with E-state index in [4.69, 9.17) is 11.7 Å². The first kappa shape index (κ1) is 19.8. The quantitative estimate of drug-likeness (QED) is 0.575. The van der Waals surface area contributed by atoms with Crippen molar-refractivity contribution in [2.24, 2.45) is 16.1 Å². The molecule has 0 saturated heterocycles. The Morgan fingerprint density at radius 1 is 1.26 bits per heavy atom. The monoisotopic (exact) mass is 368 g/mol. The maximum absolute atomic E-state index is 12.7. The van der Waals surface area contributed by atoms with Crippen molar-refractivity contribution in [1.29, 1.82) is 0 Å². The molecule has 1 aromatic carbocycles. The van der Waals surface area contributed by atoms with Crippen molar-refractivity contribution < 1.29 is 15.0 Å². The molecule has 0 amide bonds. The van der Waals surface area contributed by atoms with E-state index in [9.17, 15) is 14.7 Å². The summed E-state index contributed by atoms with van der Waals surface area (Å²) in [5.41, 5.74) is 0.146. The minimum Gasteiger partial charge on any atom is -0.503 e. The SMILES string of the molecule is [C-]#[N+]c1c(C)c(N=Nc2ccc(C(=O)O)cc2)c(=O)n(CCC(C)C)c1O. The molecule has 0 bridgehead atoms. The highest BCUT2D eigenvalue weighted by Gasteiger charge is 2.19. The molecule has 0 atom stereocenters. The van der Waals surface area contributed by atoms with Gasteiger partial charge >= 0.3 is 5.97 Å². The molecule has 0 aliphatic rings. The van der Waals surface area contributed by atoms with Gasteiger partial charge in [0.25, 0.3) is 5.56 Å². The topological polar surface area (TPSA) is 109 Å². The molecule has 2 N–H and O–H groups in total. The summed E-state index contributed by atoms with van der Waals surface area (Å²) < 4.78 is 1.14. The number of carboxylic acid groups (broad SMARTS) is 1. The van der Waals surface area contributed by atoms with E-state index in [1.165, 1.54) is 31.2 Å². The van der Waals surface area contributed by atoms with Crippen LogP contribution in [0, 0.1) is 19.4 Å². The van der Waals surface area contributed by atoms with Crippen molar-refractivity contribution in [3.05, 3.63) is 57.2 Å². The fourth-order valence-corrected chi connectivity index (χ4v) is 2.42. The molecule has 8 heteroatoms. The van der Waals surface area contributed by atoms with E-state index in [2.05, 4.69) is 15.1 Å². The molecular formula is C19H20N4O4. The molecule has 0 fully saturated rings. The van der Waals surface area contributed by atoms with Gasteiger partial charge in [-0.25, -0.2) is 9.64 Å². The second kappa shape index (κ2) is 8.27. The van der Waals surface area contributed by atoms with Crippen molar-refractivity contribution >= 4 is 23.0 Å². The van der Waals surface area contributed by atoms with Crippen LogP contribution in [0.15, 0.2) is 39.3 Å². The van der Waals surface area contributed by atoms with Gasteiger partial charge in [0.2, 0.25) is 5.69 Å². The molecule has 0 saturated carbocycles. The Kier molecular flexibility index (Phi) is 6.08. The Balaban J connectivity index is 2.49. The molecule has 0 radical (unpaired) electrons. The van der Waals surface area contributed by atoms with Crippen molar-refractivity contribution in [3.8, 4) is 5.88 Å². The Labute approximate surface area is 156 Å². The number of pyridine rings is 1. The molecule has 2 aromatic rings. The number of hydrogen-bond donors (Lipinski definition) is 2. The van der Waals surface area contributed by atoms with E-state index in [1.807, 2.05) is 13.8 Å². The molecule has 2 rings (SSSR count). The molecule has 0 unspecified atom stereocenters. The molecule has 27 heavy (non-hydrogen) atoms. The summed E-state index contributed by atoms with van der Waals surface area (Å²) in [6.45, 7) is 13.1. The lowest BCUT2D eigenvalue weighted by Crippen LogP contribution is -2.21. The fourth-order valence-electron chi connectivity index (χ4n) is 2.42. The van der Waals surface area contributed by atoms with Gasteiger partial charge in [0.1, 0.15) is 5.69 Å². The van der Waals surface area contributed by atoms with E-state index in [0.717, 1.165) is 4.57 Å². The van der Waals surface area contributed by atoms with Gasteiger partial charge < -0.3 is 10.2 Å². The van der Waals surface area contributed by atoms with Crippen LogP contribution >= 0.6 is 0 Å². The van der Waals surface area contributed by atoms with Gasteiger partial charge in [-0.15, -0.1) is 5.11 Å². The minimum absolute atomic E-state index is 0.0233. The third kappa shape index (κ3) is 4.39. The second-order valence-electron chi connectivity index (χ2n) is 6.45. The molecule has 140 valence electrons. The Morgan fingerprint density at radius 2 is 1.89 bits per heavy atom. The highest BCUT2D eigenvalue weighted by molar-refractivity contribution is 5.87. The number of carbonyl (C=O) groups is 1. The normalized spacial score (nSPS) is 11.1. The number of aromatic nitrogens is 1. The Morgan fingerprint density at radius 3 is 2.41 bits per heavy atom. The third-order valence-electron chi connectivity index (χ3n) is 4.05. The zero-order chi connectivity index (χ0) is 20.1. The summed E-state index contributed by atoms with van der Waals surface area (Å²) in [7, 11) is 0. The summed E-state index contributed by atoms with van der Waals surface area (Å²) in [5.74, 6) is -1.10. The lowest BCUT2D eigenvalue weighted by molar-refractivity contribution is 0.0697. The maximum Gasteiger partial charge on any atom is 0.335 e. The summed E-state index contributed by atoms with van der Waals surface area (Å²) >= 11 is 0. The molecular weight excluding hydrogens is 348 g/mol. The molecule has 1 aromatic heterocycles. The maximum atomic E-state index is 12.7. The Hall–Kier alpha value is -3.47. The van der Waals surface area contributed by atoms with Crippen LogP contribution in [0.2, 0.25) is 0 Å². The zero-order valence-electron chi connectivity index (χ0n) is 15.3. The average molecular weight is 368 g/mol. The van der Waals surface area contributed by atoms with Crippen molar-refractivity contribution in [2.45, 2.75) is 33.7 Å². The number of aromatic carboxylic acids is 1. The molecule has 0 aliphatic heterocycles. The molecule has 0 spiro atoms. The highest BCUT2D eigenvalue weighted by atomic mass is 16.4. The lowest BCUT2D eigenvalue weighted by Gasteiger charge is -2.14. The standard InChI is InChI=1S/C19H20N4O4/c1-11(2)9-10-23-17(24)15(20-4)12(3)16(18(23)25)22-21-14-7-5-13(6-8-14)19(26)27/h5-8,11,24H,9-10H2,1-3H3,(H,26,27). The van der Waals surface area contributed by atoms with Gasteiger partial charge in [0.15, 0.2) is 5.88 Å². The Bertz CT molecular complexity index is 983. The van der Waals surface area contributed by atoms with Crippen LogP contribution in [0.3, 0.4) is 0 Å². The number of rotatable bonds is 6. The summed E-state index contributed by atoms with van der Waals surface area (Å²) in [5, 5.41) is 27.1. The van der Waals surface area contributed by atoms with E-state index in [-0.39, 0.29) is 34.9 Å². The van der Waals surface area contributed by atoms with Crippen LogP contribution in [0.5, 0.6) is 5.88 Å². The van der Waals surface area contributed by atoms with Gasteiger partial charge in [-0.2, -0.15) is 5.11 Å². The number of aromatic hydroxyl groups is 1. The largest absolute Gasteiger partial charge is 0.503 e. The zero-order valence-corrected chi connectivity index (χ0v) is 15.3. The van der Waals surface area contributed by atoms with Crippen molar-refractivity contribution in [3.63, 3.8) is 0 Å². The van der Waals surface area contributed by atoms with E-state index in [1.54, 1.807) is 0 Å². The van der Waals surface area contributed by atoms with Crippen LogP contribution < -0.4 is 5.56 Å². The first-order chi connectivity index (χ1) is 12.8. The minimum atomic E-state index is -1.05. The van der Waals surface area contributed by atoms with Crippen molar-refractivity contribution in [1.82, 2.24) is 4.57 Å². The van der Waals surface area contributed by atoms with Crippen LogP contribution in [0.1, 0.15) is 36.2 Å². The third-order valence-corrected chi connectivity index (χ3v) is 4.05. The first-order valence-corrected chi connectivity index (χ1v) is 8.35. The number of benzene rings is 1. The van der Waals surface area contributed by atoms with Gasteiger partial charge in [-0.1, -0.05) is 13.8 Å². The molecule has 0 aliphatic carbocycles. The van der Waals surface area contributed by atoms with E-state index < -0.39 is 11.5 Å². The number of carboxylic acids is 1. The van der Waals surface area contributed by atoms with Gasteiger partial charge in [0.05, 0.1) is 17.8 Å². The number of azo groups is 1. The predicted octanol–water partition coefficient (Wildman–Crippen LogP) is 4.57. The number of nitrogens with zero attached hydrogens (tertiary/aromatic N) is 4.